The number of carbonyl (C=O) groups excluding carboxylic acids is 1. The summed E-state index contributed by atoms with van der Waals surface area (Å²) in [4.78, 5) is 10.5. The molecule has 2 N–H and O–H groups in total. The molecule has 0 aromatic heterocycles. The summed E-state index contributed by atoms with van der Waals surface area (Å²) in [5.41, 5.74) is 6.30. The summed E-state index contributed by atoms with van der Waals surface area (Å²) in [6, 6.07) is 8.03. The molecule has 1 rings (SSSR count). The molecule has 1 aromatic carbocycles. The Kier molecular flexibility index (Phi) is 4.83. The Labute approximate surface area is 96.6 Å². The molecule has 0 unspecified atom stereocenters. The van der Waals surface area contributed by atoms with Crippen LogP contribution in [-0.4, -0.2) is 12.5 Å². The van der Waals surface area contributed by atoms with Crippen molar-refractivity contribution < 1.29 is 9.53 Å². The minimum Gasteiger partial charge on any atom is -0.494 e. The molecule has 0 bridgehead atoms. The van der Waals surface area contributed by atoms with Gasteiger partial charge >= 0.3 is 0 Å². The first-order chi connectivity index (χ1) is 7.59. The number of benzene rings is 1. The highest BCUT2D eigenvalue weighted by atomic mass is 16.5. The van der Waals surface area contributed by atoms with Gasteiger partial charge in [0.15, 0.2) is 0 Å². The molecule has 0 aliphatic carbocycles. The van der Waals surface area contributed by atoms with E-state index in [4.69, 9.17) is 10.5 Å². The Morgan fingerprint density at radius 2 is 2.19 bits per heavy atom. The van der Waals surface area contributed by atoms with Crippen LogP contribution in [0.3, 0.4) is 0 Å². The van der Waals surface area contributed by atoms with Crippen molar-refractivity contribution in [3.63, 3.8) is 0 Å². The fourth-order valence-corrected chi connectivity index (χ4v) is 1.40. The largest absolute Gasteiger partial charge is 0.494 e. The minimum atomic E-state index is -0.278. The summed E-state index contributed by atoms with van der Waals surface area (Å²) >= 11 is 0. The molecule has 0 fully saturated rings. The predicted octanol–water partition coefficient (Wildman–Crippen LogP) is 2.45. The minimum absolute atomic E-state index is 0.278. The van der Waals surface area contributed by atoms with Crippen LogP contribution in [0.1, 0.15) is 38.2 Å². The topological polar surface area (TPSA) is 52.3 Å². The zero-order valence-corrected chi connectivity index (χ0v) is 9.90. The van der Waals surface area contributed by atoms with E-state index in [0.29, 0.717) is 25.4 Å². The average molecular weight is 221 g/mol. The van der Waals surface area contributed by atoms with Crippen LogP contribution in [0.5, 0.6) is 5.75 Å². The number of primary amides is 1. The molecule has 88 valence electrons. The van der Waals surface area contributed by atoms with Gasteiger partial charge in [-0.25, -0.2) is 0 Å². The summed E-state index contributed by atoms with van der Waals surface area (Å²) in [5, 5.41) is 0. The molecule has 16 heavy (non-hydrogen) atoms. The zero-order valence-electron chi connectivity index (χ0n) is 9.90. The third-order valence-corrected chi connectivity index (χ3v) is 2.36. The molecular formula is C13H19NO2. The summed E-state index contributed by atoms with van der Waals surface area (Å²) < 4.78 is 5.54. The maximum absolute atomic E-state index is 10.5. The van der Waals surface area contributed by atoms with Crippen molar-refractivity contribution in [2.45, 2.75) is 32.6 Å². The lowest BCUT2D eigenvalue weighted by atomic mass is 10.0. The number of rotatable bonds is 6. The van der Waals surface area contributed by atoms with Crippen LogP contribution < -0.4 is 10.5 Å². The van der Waals surface area contributed by atoms with Gasteiger partial charge < -0.3 is 10.5 Å². The predicted molar refractivity (Wildman–Crippen MR) is 64.5 cm³/mol. The van der Waals surface area contributed by atoms with Gasteiger partial charge in [0.25, 0.3) is 0 Å². The van der Waals surface area contributed by atoms with E-state index in [1.165, 1.54) is 5.56 Å². The van der Waals surface area contributed by atoms with Gasteiger partial charge in [0.1, 0.15) is 5.75 Å². The van der Waals surface area contributed by atoms with Crippen LogP contribution in [0.2, 0.25) is 0 Å². The Hall–Kier alpha value is -1.51. The van der Waals surface area contributed by atoms with E-state index in [0.717, 1.165) is 5.75 Å². The molecular weight excluding hydrogens is 202 g/mol. The molecule has 0 heterocycles. The van der Waals surface area contributed by atoms with Gasteiger partial charge in [-0.2, -0.15) is 0 Å². The molecule has 3 nitrogen and oxygen atoms in total. The standard InChI is InChI=1S/C13H19NO2/c1-10(2)11-5-3-6-12(9-11)16-8-4-7-13(14)15/h3,5-6,9-10H,4,7-8H2,1-2H3,(H2,14,15). The van der Waals surface area contributed by atoms with Crippen molar-refractivity contribution in [1.82, 2.24) is 0 Å². The highest BCUT2D eigenvalue weighted by Crippen LogP contribution is 2.20. The normalized spacial score (nSPS) is 10.4. The SMILES string of the molecule is CC(C)c1cccc(OCCCC(N)=O)c1. The molecule has 0 atom stereocenters. The maximum Gasteiger partial charge on any atom is 0.217 e. The lowest BCUT2D eigenvalue weighted by molar-refractivity contribution is -0.118. The number of carbonyl (C=O) groups is 1. The number of hydrogen-bond acceptors (Lipinski definition) is 2. The highest BCUT2D eigenvalue weighted by molar-refractivity contribution is 5.73. The fourth-order valence-electron chi connectivity index (χ4n) is 1.40. The van der Waals surface area contributed by atoms with Crippen LogP contribution in [0.25, 0.3) is 0 Å². The van der Waals surface area contributed by atoms with E-state index in [1.807, 2.05) is 18.2 Å². The quantitative estimate of drug-likeness (QED) is 0.750. The van der Waals surface area contributed by atoms with E-state index in [9.17, 15) is 4.79 Å². The molecule has 0 aliphatic rings. The Morgan fingerprint density at radius 1 is 1.44 bits per heavy atom. The average Bonchev–Trinajstić information content (AvgIpc) is 2.24. The summed E-state index contributed by atoms with van der Waals surface area (Å²) in [6.07, 6.45) is 1.05. The lowest BCUT2D eigenvalue weighted by Crippen LogP contribution is -2.11. The van der Waals surface area contributed by atoms with Crippen LogP contribution in [0, 0.1) is 0 Å². The third kappa shape index (κ3) is 4.34. The number of amides is 1. The van der Waals surface area contributed by atoms with Gasteiger partial charge in [-0.15, -0.1) is 0 Å². The van der Waals surface area contributed by atoms with Crippen molar-refractivity contribution in [2.24, 2.45) is 5.73 Å². The molecule has 0 saturated heterocycles. The van der Waals surface area contributed by atoms with Crippen molar-refractivity contribution in [3.05, 3.63) is 29.8 Å². The molecule has 3 heteroatoms. The Balaban J connectivity index is 2.42. The van der Waals surface area contributed by atoms with E-state index in [1.54, 1.807) is 0 Å². The lowest BCUT2D eigenvalue weighted by Gasteiger charge is -2.09. The van der Waals surface area contributed by atoms with E-state index >= 15 is 0 Å². The van der Waals surface area contributed by atoms with E-state index in [-0.39, 0.29) is 5.91 Å². The second-order valence-corrected chi connectivity index (χ2v) is 4.15. The Morgan fingerprint density at radius 3 is 2.81 bits per heavy atom. The van der Waals surface area contributed by atoms with Crippen molar-refractivity contribution >= 4 is 5.91 Å². The van der Waals surface area contributed by atoms with Crippen molar-refractivity contribution in [3.8, 4) is 5.75 Å². The third-order valence-electron chi connectivity index (χ3n) is 2.36. The number of nitrogens with two attached hydrogens (primary N) is 1. The molecule has 0 radical (unpaired) electrons. The summed E-state index contributed by atoms with van der Waals surface area (Å²) in [7, 11) is 0. The molecule has 0 aliphatic heterocycles. The molecule has 0 spiro atoms. The molecule has 0 saturated carbocycles. The number of hydrogen-bond donors (Lipinski definition) is 1. The summed E-state index contributed by atoms with van der Waals surface area (Å²) in [5.74, 6) is 1.07. The molecule has 1 amide bonds. The van der Waals surface area contributed by atoms with Gasteiger partial charge in [0.2, 0.25) is 5.91 Å². The van der Waals surface area contributed by atoms with E-state index in [2.05, 4.69) is 19.9 Å². The first kappa shape index (κ1) is 12.6. The second-order valence-electron chi connectivity index (χ2n) is 4.15. The molecule has 1 aromatic rings. The highest BCUT2D eigenvalue weighted by Gasteiger charge is 2.01. The fraction of sp³-hybridized carbons (Fsp3) is 0.462. The number of ether oxygens (including phenoxy) is 1. The second kappa shape index (κ2) is 6.16. The monoisotopic (exact) mass is 221 g/mol. The first-order valence-electron chi connectivity index (χ1n) is 5.60. The maximum atomic E-state index is 10.5. The van der Waals surface area contributed by atoms with Gasteiger partial charge in [-0.1, -0.05) is 26.0 Å². The van der Waals surface area contributed by atoms with Crippen molar-refractivity contribution in [2.75, 3.05) is 6.61 Å². The van der Waals surface area contributed by atoms with Gasteiger partial charge in [-0.3, -0.25) is 4.79 Å². The van der Waals surface area contributed by atoms with Gasteiger partial charge in [0.05, 0.1) is 6.61 Å². The smallest absolute Gasteiger partial charge is 0.217 e. The van der Waals surface area contributed by atoms with Crippen LogP contribution in [0.15, 0.2) is 24.3 Å². The summed E-state index contributed by atoms with van der Waals surface area (Å²) in [6.45, 7) is 4.82. The van der Waals surface area contributed by atoms with Crippen molar-refractivity contribution in [1.29, 1.82) is 0 Å². The first-order valence-corrected chi connectivity index (χ1v) is 5.60. The Bertz CT molecular complexity index is 348. The van der Waals surface area contributed by atoms with Crippen LogP contribution in [0.4, 0.5) is 0 Å². The zero-order chi connectivity index (χ0) is 12.0. The van der Waals surface area contributed by atoms with Crippen LogP contribution >= 0.6 is 0 Å². The van der Waals surface area contributed by atoms with Gasteiger partial charge in [-0.05, 0) is 30.0 Å². The van der Waals surface area contributed by atoms with E-state index < -0.39 is 0 Å². The van der Waals surface area contributed by atoms with Gasteiger partial charge in [0, 0.05) is 6.42 Å². The van der Waals surface area contributed by atoms with Crippen LogP contribution in [-0.2, 0) is 4.79 Å².